The third-order valence-corrected chi connectivity index (χ3v) is 4.05. The number of hydrogen-bond donors (Lipinski definition) is 1. The van der Waals surface area contributed by atoms with Gasteiger partial charge < -0.3 is 4.74 Å². The van der Waals surface area contributed by atoms with Crippen LogP contribution in [0.1, 0.15) is 19.8 Å². The molecule has 0 saturated heterocycles. The highest BCUT2D eigenvalue weighted by molar-refractivity contribution is 7.86. The third kappa shape index (κ3) is 8.39. The summed E-state index contributed by atoms with van der Waals surface area (Å²) in [5.41, 5.74) is 0. The molecule has 1 unspecified atom stereocenters. The van der Waals surface area contributed by atoms with Gasteiger partial charge >= 0.3 is 5.97 Å². The normalized spacial score (nSPS) is 14.2. The maximum Gasteiger partial charge on any atom is 0.336 e. The molecule has 0 bridgehead atoms. The molecular weight excluding hydrogens is 288 g/mol. The summed E-state index contributed by atoms with van der Waals surface area (Å²) in [6.07, 6.45) is -1.27. The Bertz CT molecular complexity index is 463. The minimum Gasteiger partial charge on any atom is -0.467 e. The number of ether oxygens (including phenoxy) is 1. The van der Waals surface area contributed by atoms with Crippen LogP contribution in [-0.4, -0.2) is 52.1 Å². The monoisotopic (exact) mass is 304 g/mol. The molecule has 0 radical (unpaired) electrons. The highest BCUT2D eigenvalue weighted by atomic mass is 32.2. The molecule has 0 rings (SSSR count). The second-order valence-corrected chi connectivity index (χ2v) is 6.80. The molecular formula is C8H16O8S2. The van der Waals surface area contributed by atoms with E-state index in [9.17, 15) is 21.6 Å². The zero-order chi connectivity index (χ0) is 14.4. The summed E-state index contributed by atoms with van der Waals surface area (Å²) >= 11 is 0. The van der Waals surface area contributed by atoms with Gasteiger partial charge in [0.15, 0.2) is 6.10 Å². The molecule has 0 aromatic rings. The van der Waals surface area contributed by atoms with Crippen molar-refractivity contribution >= 4 is 26.2 Å². The average Bonchev–Trinajstić information content (AvgIpc) is 2.21. The van der Waals surface area contributed by atoms with Gasteiger partial charge in [0.1, 0.15) is 0 Å². The Balaban J connectivity index is 4.13. The van der Waals surface area contributed by atoms with Crippen molar-refractivity contribution in [2.75, 3.05) is 18.6 Å². The topological polar surface area (TPSA) is 124 Å². The van der Waals surface area contributed by atoms with E-state index in [2.05, 4.69) is 8.92 Å². The van der Waals surface area contributed by atoms with Gasteiger partial charge in [0.25, 0.3) is 20.2 Å². The molecule has 10 heteroatoms. The number of methoxy groups -OCH3 is 1. The van der Waals surface area contributed by atoms with Crippen LogP contribution in [0.15, 0.2) is 0 Å². The van der Waals surface area contributed by atoms with Gasteiger partial charge in [-0.3, -0.25) is 8.74 Å². The number of hydrogen-bond acceptors (Lipinski definition) is 7. The molecule has 0 aliphatic rings. The van der Waals surface area contributed by atoms with E-state index in [1.807, 2.05) is 0 Å². The van der Waals surface area contributed by atoms with Crippen LogP contribution < -0.4 is 0 Å². The van der Waals surface area contributed by atoms with Crippen LogP contribution in [0, 0.1) is 0 Å². The van der Waals surface area contributed by atoms with Gasteiger partial charge in [-0.1, -0.05) is 0 Å². The second-order valence-electron chi connectivity index (χ2n) is 3.52. The van der Waals surface area contributed by atoms with Crippen molar-refractivity contribution in [2.45, 2.75) is 25.9 Å². The van der Waals surface area contributed by atoms with Crippen molar-refractivity contribution in [3.8, 4) is 0 Å². The maximum absolute atomic E-state index is 11.3. The van der Waals surface area contributed by atoms with Crippen molar-refractivity contribution < 1.29 is 35.1 Å². The van der Waals surface area contributed by atoms with Gasteiger partial charge in [0.05, 0.1) is 18.6 Å². The van der Waals surface area contributed by atoms with Crippen LogP contribution >= 0.6 is 0 Å². The highest BCUT2D eigenvalue weighted by Crippen LogP contribution is 2.05. The molecule has 0 aliphatic carbocycles. The number of carbonyl (C=O) groups excluding carboxylic acids is 1. The van der Waals surface area contributed by atoms with Gasteiger partial charge in [-0.15, -0.1) is 0 Å². The standard InChI is InChI=1S/C8H16O8S2/c1-7(8(9)15-2)16-18(13,14)6-4-3-5-17(10,11)12/h7H,3-6H2,1-2H3,(H,10,11,12). The number of unbranched alkanes of at least 4 members (excludes halogenated alkanes) is 1. The first-order valence-corrected chi connectivity index (χ1v) is 8.20. The minimum atomic E-state index is -4.09. The SMILES string of the molecule is COC(=O)C(C)OS(=O)(=O)CCCCS(=O)(=O)O. The summed E-state index contributed by atoms with van der Waals surface area (Å²) in [6, 6.07) is 0. The van der Waals surface area contributed by atoms with E-state index in [-0.39, 0.29) is 12.8 Å². The first-order valence-electron chi connectivity index (χ1n) is 5.01. The van der Waals surface area contributed by atoms with Gasteiger partial charge in [0.2, 0.25) is 0 Å². The third-order valence-electron chi connectivity index (χ3n) is 1.87. The zero-order valence-electron chi connectivity index (χ0n) is 10.0. The summed E-state index contributed by atoms with van der Waals surface area (Å²) in [5.74, 6) is -1.78. The largest absolute Gasteiger partial charge is 0.467 e. The fourth-order valence-electron chi connectivity index (χ4n) is 1.04. The lowest BCUT2D eigenvalue weighted by atomic mass is 10.4. The Morgan fingerprint density at radius 3 is 2.11 bits per heavy atom. The van der Waals surface area contributed by atoms with Crippen LogP contribution in [-0.2, 0) is 34.0 Å². The van der Waals surface area contributed by atoms with Crippen LogP contribution in [0.25, 0.3) is 0 Å². The number of rotatable bonds is 8. The molecule has 0 aromatic carbocycles. The van der Waals surface area contributed by atoms with E-state index in [0.717, 1.165) is 7.11 Å². The number of esters is 1. The zero-order valence-corrected chi connectivity index (χ0v) is 11.7. The van der Waals surface area contributed by atoms with E-state index < -0.39 is 43.8 Å². The Kier molecular flexibility index (Phi) is 6.74. The Labute approximate surface area is 106 Å². The molecule has 0 fully saturated rings. The highest BCUT2D eigenvalue weighted by Gasteiger charge is 2.22. The molecule has 0 saturated carbocycles. The van der Waals surface area contributed by atoms with E-state index in [0.29, 0.717) is 0 Å². The Hall–Kier alpha value is -0.710. The van der Waals surface area contributed by atoms with Gasteiger partial charge in [0, 0.05) is 0 Å². The molecule has 1 atom stereocenters. The predicted octanol–water partition coefficient (Wildman–Crippen LogP) is -0.438. The summed E-state index contributed by atoms with van der Waals surface area (Å²) < 4.78 is 60.7. The quantitative estimate of drug-likeness (QED) is 0.277. The Morgan fingerprint density at radius 1 is 1.17 bits per heavy atom. The van der Waals surface area contributed by atoms with E-state index in [1.165, 1.54) is 6.92 Å². The second kappa shape index (κ2) is 7.02. The van der Waals surface area contributed by atoms with Gasteiger partial charge in [-0.05, 0) is 19.8 Å². The molecule has 1 N–H and O–H groups in total. The lowest BCUT2D eigenvalue weighted by molar-refractivity contribution is -0.147. The fourth-order valence-corrected chi connectivity index (χ4v) is 2.78. The molecule has 0 amide bonds. The number of carbonyl (C=O) groups is 1. The minimum absolute atomic E-state index is 0.00395. The lowest BCUT2D eigenvalue weighted by Gasteiger charge is -2.10. The summed E-state index contributed by atoms with van der Waals surface area (Å²) in [5, 5.41) is 0. The first kappa shape index (κ1) is 17.3. The van der Waals surface area contributed by atoms with Crippen LogP contribution in [0.2, 0.25) is 0 Å². The lowest BCUT2D eigenvalue weighted by Crippen LogP contribution is -2.26. The summed E-state index contributed by atoms with van der Waals surface area (Å²) in [6.45, 7) is 1.22. The van der Waals surface area contributed by atoms with E-state index in [4.69, 9.17) is 4.55 Å². The smallest absolute Gasteiger partial charge is 0.336 e. The van der Waals surface area contributed by atoms with Crippen LogP contribution in [0.3, 0.4) is 0 Å². The van der Waals surface area contributed by atoms with Crippen molar-refractivity contribution in [2.24, 2.45) is 0 Å². The van der Waals surface area contributed by atoms with Gasteiger partial charge in [-0.2, -0.15) is 16.8 Å². The molecule has 8 nitrogen and oxygen atoms in total. The molecule has 0 aliphatic heterocycles. The van der Waals surface area contributed by atoms with E-state index >= 15 is 0 Å². The van der Waals surface area contributed by atoms with Crippen molar-refractivity contribution in [1.29, 1.82) is 0 Å². The fraction of sp³-hybridized carbons (Fsp3) is 0.875. The van der Waals surface area contributed by atoms with Crippen LogP contribution in [0.4, 0.5) is 0 Å². The van der Waals surface area contributed by atoms with Crippen molar-refractivity contribution in [3.63, 3.8) is 0 Å². The van der Waals surface area contributed by atoms with E-state index in [1.54, 1.807) is 0 Å². The molecule has 108 valence electrons. The maximum atomic E-state index is 11.3. The van der Waals surface area contributed by atoms with Gasteiger partial charge in [-0.25, -0.2) is 4.79 Å². The Morgan fingerprint density at radius 2 is 1.67 bits per heavy atom. The molecule has 18 heavy (non-hydrogen) atoms. The molecule has 0 spiro atoms. The predicted molar refractivity (Wildman–Crippen MR) is 62.0 cm³/mol. The molecule has 0 heterocycles. The van der Waals surface area contributed by atoms with Crippen molar-refractivity contribution in [3.05, 3.63) is 0 Å². The van der Waals surface area contributed by atoms with Crippen molar-refractivity contribution in [1.82, 2.24) is 0 Å². The molecule has 0 aromatic heterocycles. The summed E-state index contributed by atoms with van der Waals surface area (Å²) in [4.78, 5) is 10.9. The summed E-state index contributed by atoms with van der Waals surface area (Å²) in [7, 11) is -6.92. The van der Waals surface area contributed by atoms with Crippen LogP contribution in [0.5, 0.6) is 0 Å². The average molecular weight is 304 g/mol. The first-order chi connectivity index (χ1) is 8.07.